The lowest BCUT2D eigenvalue weighted by molar-refractivity contribution is -0.122. The second-order valence-corrected chi connectivity index (χ2v) is 7.53. The number of anilines is 1. The van der Waals surface area contributed by atoms with Crippen molar-refractivity contribution in [3.8, 4) is 5.75 Å². The molecule has 154 valence electrons. The van der Waals surface area contributed by atoms with E-state index >= 15 is 0 Å². The minimum atomic E-state index is -0.646. The number of rotatable bonds is 6. The fourth-order valence-corrected chi connectivity index (χ4v) is 3.49. The molecule has 1 unspecified atom stereocenters. The zero-order valence-electron chi connectivity index (χ0n) is 17.3. The molecule has 1 N–H and O–H groups in total. The number of nitrogens with zero attached hydrogens (tertiary/aromatic N) is 1. The molecular weight excluding hydrogens is 364 g/mol. The Morgan fingerprint density at radius 1 is 1.03 bits per heavy atom. The molecule has 5 nitrogen and oxygen atoms in total. The van der Waals surface area contributed by atoms with Crippen molar-refractivity contribution in [2.75, 3.05) is 18.4 Å². The molecule has 1 aliphatic heterocycles. The van der Waals surface area contributed by atoms with Gasteiger partial charge in [-0.05, 0) is 62.1 Å². The van der Waals surface area contributed by atoms with Gasteiger partial charge in [0.1, 0.15) is 5.75 Å². The molecule has 1 aliphatic rings. The molecule has 0 radical (unpaired) electrons. The second-order valence-electron chi connectivity index (χ2n) is 7.53. The molecule has 0 aliphatic carbocycles. The van der Waals surface area contributed by atoms with Gasteiger partial charge in [-0.2, -0.15) is 0 Å². The Kier molecular flexibility index (Phi) is 7.28. The Balaban J connectivity index is 1.60. The predicted molar refractivity (Wildman–Crippen MR) is 115 cm³/mol. The van der Waals surface area contributed by atoms with Gasteiger partial charge < -0.3 is 15.0 Å². The normalized spacial score (nSPS) is 15.3. The Bertz CT molecular complexity index is 824. The zero-order chi connectivity index (χ0) is 20.6. The molecule has 1 atom stereocenters. The highest BCUT2D eigenvalue weighted by molar-refractivity contribution is 5.98. The second kappa shape index (κ2) is 10.1. The molecule has 3 rings (SSSR count). The topological polar surface area (TPSA) is 58.6 Å². The molecule has 5 heteroatoms. The number of carbonyl (C=O) groups excluding carboxylic acids is 2. The van der Waals surface area contributed by atoms with Gasteiger partial charge >= 0.3 is 0 Å². The molecule has 29 heavy (non-hydrogen) atoms. The number of amides is 2. The first-order valence-corrected chi connectivity index (χ1v) is 10.5. The van der Waals surface area contributed by atoms with Crippen LogP contribution in [0.25, 0.3) is 0 Å². The molecule has 0 aromatic heterocycles. The van der Waals surface area contributed by atoms with Crippen LogP contribution in [0.4, 0.5) is 5.69 Å². The van der Waals surface area contributed by atoms with Crippen LogP contribution in [0, 0.1) is 0 Å². The van der Waals surface area contributed by atoms with E-state index < -0.39 is 6.10 Å². The summed E-state index contributed by atoms with van der Waals surface area (Å²) in [4.78, 5) is 27.3. The minimum absolute atomic E-state index is 0.0308. The van der Waals surface area contributed by atoms with Crippen LogP contribution in [0.1, 0.15) is 55.5 Å². The zero-order valence-corrected chi connectivity index (χ0v) is 17.3. The number of benzene rings is 2. The Labute approximate surface area is 173 Å². The van der Waals surface area contributed by atoms with Gasteiger partial charge in [0.05, 0.1) is 0 Å². The smallest absolute Gasteiger partial charge is 0.265 e. The molecule has 1 heterocycles. The van der Waals surface area contributed by atoms with Crippen LogP contribution in [-0.2, 0) is 11.2 Å². The number of likely N-dealkylation sites (tertiary alicyclic amines) is 1. The van der Waals surface area contributed by atoms with Crippen molar-refractivity contribution in [3.63, 3.8) is 0 Å². The van der Waals surface area contributed by atoms with E-state index in [1.807, 2.05) is 29.2 Å². The van der Waals surface area contributed by atoms with Crippen LogP contribution in [0.2, 0.25) is 0 Å². The molecule has 0 spiro atoms. The Morgan fingerprint density at radius 3 is 2.38 bits per heavy atom. The van der Waals surface area contributed by atoms with Crippen molar-refractivity contribution in [2.45, 2.75) is 52.1 Å². The summed E-state index contributed by atoms with van der Waals surface area (Å²) in [6.45, 7) is 5.42. The number of carbonyl (C=O) groups is 2. The van der Waals surface area contributed by atoms with Crippen LogP contribution < -0.4 is 10.1 Å². The van der Waals surface area contributed by atoms with Crippen LogP contribution in [0.3, 0.4) is 0 Å². The van der Waals surface area contributed by atoms with Gasteiger partial charge in [0.2, 0.25) is 0 Å². The molecule has 0 saturated carbocycles. The lowest BCUT2D eigenvalue weighted by atomic mass is 10.1. The quantitative estimate of drug-likeness (QED) is 0.774. The number of ether oxygens (including phenoxy) is 1. The van der Waals surface area contributed by atoms with Gasteiger partial charge in [-0.25, -0.2) is 0 Å². The lowest BCUT2D eigenvalue weighted by Gasteiger charge is -2.21. The van der Waals surface area contributed by atoms with Gasteiger partial charge in [0.25, 0.3) is 11.8 Å². The van der Waals surface area contributed by atoms with E-state index in [2.05, 4.69) is 12.2 Å². The summed E-state index contributed by atoms with van der Waals surface area (Å²) in [6.07, 6.45) is 4.78. The molecule has 2 aromatic carbocycles. The third-order valence-electron chi connectivity index (χ3n) is 5.28. The molecule has 2 amide bonds. The summed E-state index contributed by atoms with van der Waals surface area (Å²) in [6, 6.07) is 14.9. The fourth-order valence-electron chi connectivity index (χ4n) is 3.49. The third-order valence-corrected chi connectivity index (χ3v) is 5.28. The highest BCUT2D eigenvalue weighted by Crippen LogP contribution is 2.18. The Morgan fingerprint density at radius 2 is 1.72 bits per heavy atom. The van der Waals surface area contributed by atoms with Gasteiger partial charge in [-0.3, -0.25) is 9.59 Å². The maximum atomic E-state index is 12.8. The number of nitrogens with one attached hydrogen (secondary N) is 1. The van der Waals surface area contributed by atoms with Crippen LogP contribution >= 0.6 is 0 Å². The first-order valence-electron chi connectivity index (χ1n) is 10.5. The molecule has 2 aromatic rings. The third kappa shape index (κ3) is 5.83. The molecular formula is C24H30N2O3. The van der Waals surface area contributed by atoms with Gasteiger partial charge in [-0.15, -0.1) is 0 Å². The molecule has 1 saturated heterocycles. The lowest BCUT2D eigenvalue weighted by Crippen LogP contribution is -2.32. The highest BCUT2D eigenvalue weighted by atomic mass is 16.5. The van der Waals surface area contributed by atoms with Crippen LogP contribution in [0.15, 0.2) is 48.5 Å². The summed E-state index contributed by atoms with van der Waals surface area (Å²) < 4.78 is 5.75. The standard InChI is InChI=1S/C24H30N2O3/c1-3-19-11-13-22(14-12-19)29-18(2)23(27)25-21-10-8-9-20(17-21)24(28)26-15-6-4-5-7-16-26/h8-14,17-18H,3-7,15-16H2,1-2H3,(H,25,27). The first-order chi connectivity index (χ1) is 14.1. The molecule has 1 fully saturated rings. The molecule has 0 bridgehead atoms. The van der Waals surface area contributed by atoms with Crippen molar-refractivity contribution >= 4 is 17.5 Å². The summed E-state index contributed by atoms with van der Waals surface area (Å²) in [5.41, 5.74) is 2.43. The van der Waals surface area contributed by atoms with Crippen molar-refractivity contribution < 1.29 is 14.3 Å². The number of hydrogen-bond donors (Lipinski definition) is 1. The van der Waals surface area contributed by atoms with Gasteiger partial charge in [0, 0.05) is 24.3 Å². The largest absolute Gasteiger partial charge is 0.481 e. The maximum Gasteiger partial charge on any atom is 0.265 e. The van der Waals surface area contributed by atoms with Crippen LogP contribution in [-0.4, -0.2) is 35.9 Å². The van der Waals surface area contributed by atoms with Crippen molar-refractivity contribution in [3.05, 3.63) is 59.7 Å². The van der Waals surface area contributed by atoms with E-state index in [-0.39, 0.29) is 11.8 Å². The first kappa shape index (κ1) is 20.9. The van der Waals surface area contributed by atoms with E-state index in [9.17, 15) is 9.59 Å². The monoisotopic (exact) mass is 394 g/mol. The van der Waals surface area contributed by atoms with Crippen LogP contribution in [0.5, 0.6) is 5.75 Å². The SMILES string of the molecule is CCc1ccc(OC(C)C(=O)Nc2cccc(C(=O)N3CCCCCC3)c2)cc1. The number of aryl methyl sites for hydroxylation is 1. The predicted octanol–water partition coefficient (Wildman–Crippen LogP) is 4.67. The van der Waals surface area contributed by atoms with E-state index in [1.165, 1.54) is 18.4 Å². The van der Waals surface area contributed by atoms with E-state index in [0.717, 1.165) is 32.4 Å². The summed E-state index contributed by atoms with van der Waals surface area (Å²) in [5, 5.41) is 2.86. The average molecular weight is 395 g/mol. The minimum Gasteiger partial charge on any atom is -0.481 e. The van der Waals surface area contributed by atoms with Crippen molar-refractivity contribution in [1.29, 1.82) is 0 Å². The maximum absolute atomic E-state index is 12.8. The van der Waals surface area contributed by atoms with Gasteiger partial charge in [0.15, 0.2) is 6.10 Å². The fraction of sp³-hybridized carbons (Fsp3) is 0.417. The summed E-state index contributed by atoms with van der Waals surface area (Å²) in [5.74, 6) is 0.446. The van der Waals surface area contributed by atoms with E-state index in [4.69, 9.17) is 4.74 Å². The highest BCUT2D eigenvalue weighted by Gasteiger charge is 2.19. The Hall–Kier alpha value is -2.82. The van der Waals surface area contributed by atoms with Gasteiger partial charge in [-0.1, -0.05) is 38.0 Å². The summed E-state index contributed by atoms with van der Waals surface area (Å²) in [7, 11) is 0. The van der Waals surface area contributed by atoms with Crippen molar-refractivity contribution in [2.24, 2.45) is 0 Å². The van der Waals surface area contributed by atoms with Crippen molar-refractivity contribution in [1.82, 2.24) is 4.90 Å². The number of hydrogen-bond acceptors (Lipinski definition) is 3. The summed E-state index contributed by atoms with van der Waals surface area (Å²) >= 11 is 0. The van der Waals surface area contributed by atoms with E-state index in [0.29, 0.717) is 17.0 Å². The average Bonchev–Trinajstić information content (AvgIpc) is 3.03. The van der Waals surface area contributed by atoms with E-state index in [1.54, 1.807) is 31.2 Å².